The van der Waals surface area contributed by atoms with Crippen molar-refractivity contribution in [3.8, 4) is 17.2 Å². The molecule has 138 valence electrons. The van der Waals surface area contributed by atoms with Crippen LogP contribution >= 0.6 is 11.8 Å². The van der Waals surface area contributed by atoms with Crippen LogP contribution in [0.1, 0.15) is 12.0 Å². The van der Waals surface area contributed by atoms with Crippen LogP contribution in [0.2, 0.25) is 0 Å². The van der Waals surface area contributed by atoms with E-state index >= 15 is 0 Å². The first-order valence-corrected chi connectivity index (χ1v) is 9.62. The number of hydrogen-bond acceptors (Lipinski definition) is 7. The lowest BCUT2D eigenvalue weighted by Crippen LogP contribution is -2.35. The number of nitrogens with zero attached hydrogens (tertiary/aromatic N) is 6. The zero-order valence-electron chi connectivity index (χ0n) is 14.9. The van der Waals surface area contributed by atoms with Crippen molar-refractivity contribution >= 4 is 17.7 Å². The van der Waals surface area contributed by atoms with Crippen LogP contribution in [-0.2, 0) is 10.4 Å². The highest BCUT2D eigenvalue weighted by Crippen LogP contribution is 2.32. The van der Waals surface area contributed by atoms with Crippen molar-refractivity contribution in [1.29, 1.82) is 0 Å². The normalized spacial score (nSPS) is 19.7. The summed E-state index contributed by atoms with van der Waals surface area (Å²) in [5.41, 5.74) is 0.355. The number of likely N-dealkylation sites (N-methyl/N-ethyl adjacent to an activating group) is 1. The Labute approximate surface area is 160 Å². The monoisotopic (exact) mass is 382 g/mol. The van der Waals surface area contributed by atoms with E-state index in [2.05, 4.69) is 20.1 Å². The fourth-order valence-corrected chi connectivity index (χ4v) is 3.41. The second kappa shape index (κ2) is 6.75. The maximum Gasteiger partial charge on any atom is 0.259 e. The molecule has 1 unspecified atom stereocenters. The molecule has 3 aromatic heterocycles. The molecule has 0 radical (unpaired) electrons. The highest BCUT2D eigenvalue weighted by atomic mass is 32.2. The summed E-state index contributed by atoms with van der Waals surface area (Å²) in [6.07, 6.45) is 7.13. The van der Waals surface area contributed by atoms with Gasteiger partial charge >= 0.3 is 0 Å². The maximum atomic E-state index is 12.3. The van der Waals surface area contributed by atoms with Crippen molar-refractivity contribution in [1.82, 2.24) is 29.6 Å². The summed E-state index contributed by atoms with van der Waals surface area (Å²) < 4.78 is 1.55. The lowest BCUT2D eigenvalue weighted by molar-refractivity contribution is -0.143. The number of hydrogen-bond donors (Lipinski definition) is 1. The summed E-state index contributed by atoms with van der Waals surface area (Å²) >= 11 is 1.46. The van der Waals surface area contributed by atoms with Crippen molar-refractivity contribution < 1.29 is 9.90 Å². The van der Waals surface area contributed by atoms with E-state index in [1.807, 2.05) is 24.5 Å². The van der Waals surface area contributed by atoms with Crippen molar-refractivity contribution in [2.24, 2.45) is 0 Å². The molecule has 27 heavy (non-hydrogen) atoms. The SMILES string of the molecule is CSc1nccc(-c2cccc(-n3cc(C4(O)CCN(C)C4=O)cn3)n2)n1. The number of carbonyl (C=O) groups excluding carboxylic acids is 1. The van der Waals surface area contributed by atoms with E-state index in [9.17, 15) is 9.90 Å². The third-order valence-electron chi connectivity index (χ3n) is 4.62. The van der Waals surface area contributed by atoms with Crippen LogP contribution in [0.15, 0.2) is 48.0 Å². The molecule has 1 aliphatic rings. The fraction of sp³-hybridized carbons (Fsp3) is 0.278. The van der Waals surface area contributed by atoms with E-state index in [4.69, 9.17) is 0 Å². The van der Waals surface area contributed by atoms with Crippen LogP contribution in [0, 0.1) is 0 Å². The number of thioether (sulfide) groups is 1. The molecule has 1 N–H and O–H groups in total. The number of aromatic nitrogens is 5. The highest BCUT2D eigenvalue weighted by molar-refractivity contribution is 7.98. The van der Waals surface area contributed by atoms with Gasteiger partial charge in [0.1, 0.15) is 0 Å². The van der Waals surface area contributed by atoms with Crippen molar-refractivity contribution in [2.45, 2.75) is 17.2 Å². The molecule has 4 heterocycles. The average molecular weight is 382 g/mol. The quantitative estimate of drug-likeness (QED) is 0.539. The molecule has 0 bridgehead atoms. The maximum absolute atomic E-state index is 12.3. The smallest absolute Gasteiger partial charge is 0.259 e. The van der Waals surface area contributed by atoms with E-state index in [1.54, 1.807) is 30.2 Å². The Hall–Kier alpha value is -2.78. The molecule has 1 atom stereocenters. The third-order valence-corrected chi connectivity index (χ3v) is 5.18. The van der Waals surface area contributed by atoms with E-state index in [0.717, 1.165) is 5.69 Å². The van der Waals surface area contributed by atoms with E-state index < -0.39 is 5.60 Å². The lowest BCUT2D eigenvalue weighted by Gasteiger charge is -2.18. The number of amides is 1. The van der Waals surface area contributed by atoms with Crippen LogP contribution in [0.5, 0.6) is 0 Å². The molecular weight excluding hydrogens is 364 g/mol. The third kappa shape index (κ3) is 3.08. The summed E-state index contributed by atoms with van der Waals surface area (Å²) in [4.78, 5) is 27.0. The number of aliphatic hydroxyl groups is 1. The van der Waals surface area contributed by atoms with Crippen LogP contribution in [0.3, 0.4) is 0 Å². The summed E-state index contributed by atoms with van der Waals surface area (Å²) in [5.74, 6) is 0.264. The molecule has 9 heteroatoms. The van der Waals surface area contributed by atoms with Crippen molar-refractivity contribution in [3.05, 3.63) is 48.4 Å². The Morgan fingerprint density at radius 3 is 2.78 bits per heavy atom. The number of rotatable bonds is 4. The van der Waals surface area contributed by atoms with Crippen LogP contribution in [-0.4, -0.2) is 60.5 Å². The van der Waals surface area contributed by atoms with Gasteiger partial charge in [-0.15, -0.1) is 0 Å². The average Bonchev–Trinajstić information content (AvgIpc) is 3.31. The second-order valence-electron chi connectivity index (χ2n) is 6.32. The highest BCUT2D eigenvalue weighted by Gasteiger charge is 2.46. The Morgan fingerprint density at radius 2 is 2.04 bits per heavy atom. The molecule has 1 fully saturated rings. The van der Waals surface area contributed by atoms with E-state index in [1.165, 1.54) is 22.9 Å². The predicted octanol–water partition coefficient (Wildman–Crippen LogP) is 1.50. The van der Waals surface area contributed by atoms with Crippen LogP contribution in [0.4, 0.5) is 0 Å². The van der Waals surface area contributed by atoms with Gasteiger partial charge in [0.2, 0.25) is 0 Å². The first-order valence-electron chi connectivity index (χ1n) is 8.39. The molecule has 0 aromatic carbocycles. The van der Waals surface area contributed by atoms with Gasteiger partial charge < -0.3 is 10.0 Å². The van der Waals surface area contributed by atoms with Gasteiger partial charge in [0.25, 0.3) is 5.91 Å². The van der Waals surface area contributed by atoms with Gasteiger partial charge in [0, 0.05) is 38.0 Å². The summed E-state index contributed by atoms with van der Waals surface area (Å²) in [5, 5.41) is 15.7. The first kappa shape index (κ1) is 17.6. The van der Waals surface area contributed by atoms with Gasteiger partial charge in [-0.2, -0.15) is 5.10 Å². The second-order valence-corrected chi connectivity index (χ2v) is 7.09. The van der Waals surface area contributed by atoms with E-state index in [0.29, 0.717) is 35.2 Å². The Morgan fingerprint density at radius 1 is 1.22 bits per heavy atom. The minimum absolute atomic E-state index is 0.311. The molecule has 3 aromatic rings. The van der Waals surface area contributed by atoms with Gasteiger partial charge in [-0.05, 0) is 24.5 Å². The van der Waals surface area contributed by atoms with Crippen molar-refractivity contribution in [2.75, 3.05) is 19.8 Å². The lowest BCUT2D eigenvalue weighted by atomic mass is 9.95. The number of carbonyl (C=O) groups is 1. The van der Waals surface area contributed by atoms with Gasteiger partial charge in [0.05, 0.1) is 17.6 Å². The summed E-state index contributed by atoms with van der Waals surface area (Å²) in [6.45, 7) is 0.514. The van der Waals surface area contributed by atoms with Gasteiger partial charge in [-0.3, -0.25) is 4.79 Å². The molecule has 0 aliphatic carbocycles. The Balaban J connectivity index is 1.67. The molecule has 1 saturated heterocycles. The molecule has 4 rings (SSSR count). The van der Waals surface area contributed by atoms with Crippen molar-refractivity contribution in [3.63, 3.8) is 0 Å². The minimum atomic E-state index is -1.52. The number of pyridine rings is 1. The standard InChI is InChI=1S/C18H18N6O2S/c1-23-9-7-18(26,16(23)25)12-10-20-24(11-12)15-5-3-4-13(21-15)14-6-8-19-17(22-14)27-2/h3-6,8,10-11,26H,7,9H2,1-2H3. The molecule has 8 nitrogen and oxygen atoms in total. The van der Waals surface area contributed by atoms with Gasteiger partial charge in [0.15, 0.2) is 16.6 Å². The molecular formula is C18H18N6O2S. The molecule has 0 saturated carbocycles. The summed E-state index contributed by atoms with van der Waals surface area (Å²) in [6, 6.07) is 7.34. The molecule has 1 amide bonds. The van der Waals surface area contributed by atoms with Crippen LogP contribution in [0.25, 0.3) is 17.2 Å². The van der Waals surface area contributed by atoms with Crippen LogP contribution < -0.4 is 0 Å². The van der Waals surface area contributed by atoms with E-state index in [-0.39, 0.29) is 5.91 Å². The first-order chi connectivity index (χ1) is 13.0. The Kier molecular flexibility index (Phi) is 4.40. The molecule has 0 spiro atoms. The predicted molar refractivity (Wildman–Crippen MR) is 100 cm³/mol. The molecule has 1 aliphatic heterocycles. The van der Waals surface area contributed by atoms with Gasteiger partial charge in [-0.25, -0.2) is 19.6 Å². The zero-order chi connectivity index (χ0) is 19.0. The Bertz CT molecular complexity index is 1010. The number of likely N-dealkylation sites (tertiary alicyclic amines) is 1. The topological polar surface area (TPSA) is 97.0 Å². The fourth-order valence-electron chi connectivity index (χ4n) is 3.06. The minimum Gasteiger partial charge on any atom is -0.375 e. The zero-order valence-corrected chi connectivity index (χ0v) is 15.7. The van der Waals surface area contributed by atoms with Gasteiger partial charge in [-0.1, -0.05) is 17.8 Å². The summed E-state index contributed by atoms with van der Waals surface area (Å²) in [7, 11) is 1.68. The largest absolute Gasteiger partial charge is 0.375 e.